The molecule has 1 rings (SSSR count). The number of ether oxygens (including phenoxy) is 1. The van der Waals surface area contributed by atoms with Crippen LogP contribution in [0.5, 0.6) is 0 Å². The van der Waals surface area contributed by atoms with Gasteiger partial charge in [-0.15, -0.1) is 0 Å². The molecule has 0 spiro atoms. The quantitative estimate of drug-likeness (QED) is 0.776. The summed E-state index contributed by atoms with van der Waals surface area (Å²) >= 11 is 0. The fraction of sp³-hybridized carbons (Fsp3) is 0.500. The SMILES string of the molecule is CC(N)C(C)OCCc1ccccc1. The second-order valence-corrected chi connectivity index (χ2v) is 3.67. The van der Waals surface area contributed by atoms with Gasteiger partial charge in [-0.05, 0) is 25.8 Å². The van der Waals surface area contributed by atoms with Crippen molar-refractivity contribution >= 4 is 0 Å². The van der Waals surface area contributed by atoms with E-state index in [1.807, 2.05) is 32.0 Å². The molecule has 2 atom stereocenters. The molecule has 2 unspecified atom stereocenters. The van der Waals surface area contributed by atoms with Gasteiger partial charge in [-0.2, -0.15) is 0 Å². The minimum absolute atomic E-state index is 0.103. The molecule has 0 saturated heterocycles. The summed E-state index contributed by atoms with van der Waals surface area (Å²) in [5.74, 6) is 0. The summed E-state index contributed by atoms with van der Waals surface area (Å²) in [5, 5.41) is 0. The fourth-order valence-corrected chi connectivity index (χ4v) is 1.16. The third-order valence-electron chi connectivity index (χ3n) is 2.35. The smallest absolute Gasteiger partial charge is 0.0695 e. The van der Waals surface area contributed by atoms with Crippen molar-refractivity contribution < 1.29 is 4.74 Å². The normalized spacial score (nSPS) is 15.1. The Morgan fingerprint density at radius 1 is 1.21 bits per heavy atom. The molecule has 0 saturated carbocycles. The minimum atomic E-state index is 0.103. The van der Waals surface area contributed by atoms with E-state index < -0.39 is 0 Å². The van der Waals surface area contributed by atoms with E-state index in [1.54, 1.807) is 0 Å². The number of nitrogens with two attached hydrogens (primary N) is 1. The Bertz CT molecular complexity index is 246. The molecule has 0 aliphatic rings. The van der Waals surface area contributed by atoms with Crippen LogP contribution in [0.4, 0.5) is 0 Å². The van der Waals surface area contributed by atoms with Crippen molar-refractivity contribution in [3.63, 3.8) is 0 Å². The van der Waals surface area contributed by atoms with Crippen LogP contribution in [0.25, 0.3) is 0 Å². The molecule has 1 aromatic rings. The first kappa shape index (κ1) is 11.2. The van der Waals surface area contributed by atoms with Gasteiger partial charge in [-0.3, -0.25) is 0 Å². The molecular weight excluding hydrogens is 174 g/mol. The summed E-state index contributed by atoms with van der Waals surface area (Å²) in [5.41, 5.74) is 7.00. The third kappa shape index (κ3) is 3.90. The maximum atomic E-state index is 5.69. The lowest BCUT2D eigenvalue weighted by Crippen LogP contribution is -2.31. The van der Waals surface area contributed by atoms with Crippen LogP contribution in [0.1, 0.15) is 19.4 Å². The van der Waals surface area contributed by atoms with Gasteiger partial charge in [0, 0.05) is 6.04 Å². The van der Waals surface area contributed by atoms with Gasteiger partial charge >= 0.3 is 0 Å². The van der Waals surface area contributed by atoms with Gasteiger partial charge in [0.15, 0.2) is 0 Å². The van der Waals surface area contributed by atoms with Crippen molar-refractivity contribution in [2.45, 2.75) is 32.4 Å². The molecule has 1 aromatic carbocycles. The number of hydrogen-bond donors (Lipinski definition) is 1. The zero-order valence-electron chi connectivity index (χ0n) is 8.94. The predicted molar refractivity (Wildman–Crippen MR) is 59.2 cm³/mol. The first-order chi connectivity index (χ1) is 6.70. The zero-order valence-corrected chi connectivity index (χ0v) is 8.94. The van der Waals surface area contributed by atoms with Crippen LogP contribution in [-0.4, -0.2) is 18.8 Å². The molecule has 0 heterocycles. The summed E-state index contributed by atoms with van der Waals surface area (Å²) in [4.78, 5) is 0. The van der Waals surface area contributed by atoms with E-state index in [2.05, 4.69) is 12.1 Å². The molecule has 2 N–H and O–H groups in total. The highest BCUT2D eigenvalue weighted by Gasteiger charge is 2.06. The Kier molecular flexibility index (Phi) is 4.63. The average molecular weight is 193 g/mol. The Balaban J connectivity index is 2.22. The van der Waals surface area contributed by atoms with Gasteiger partial charge in [-0.25, -0.2) is 0 Å². The molecule has 0 aromatic heterocycles. The molecule has 0 bridgehead atoms. The van der Waals surface area contributed by atoms with E-state index in [4.69, 9.17) is 10.5 Å². The maximum absolute atomic E-state index is 5.69. The summed E-state index contributed by atoms with van der Waals surface area (Å²) in [6.07, 6.45) is 1.09. The highest BCUT2D eigenvalue weighted by molar-refractivity contribution is 5.14. The zero-order chi connectivity index (χ0) is 10.4. The van der Waals surface area contributed by atoms with E-state index in [9.17, 15) is 0 Å². The molecule has 0 aliphatic heterocycles. The van der Waals surface area contributed by atoms with Crippen molar-refractivity contribution in [2.75, 3.05) is 6.61 Å². The standard InChI is InChI=1S/C12H19NO/c1-10(13)11(2)14-9-8-12-6-4-3-5-7-12/h3-7,10-11H,8-9,13H2,1-2H3. The van der Waals surface area contributed by atoms with Crippen LogP contribution in [0.3, 0.4) is 0 Å². The largest absolute Gasteiger partial charge is 0.377 e. The van der Waals surface area contributed by atoms with Gasteiger partial charge in [0.2, 0.25) is 0 Å². The molecule has 14 heavy (non-hydrogen) atoms. The second kappa shape index (κ2) is 5.78. The van der Waals surface area contributed by atoms with E-state index in [-0.39, 0.29) is 12.1 Å². The minimum Gasteiger partial charge on any atom is -0.377 e. The molecule has 2 heteroatoms. The molecular formula is C12H19NO. The number of rotatable bonds is 5. The van der Waals surface area contributed by atoms with Gasteiger partial charge in [0.25, 0.3) is 0 Å². The number of benzene rings is 1. The Hall–Kier alpha value is -0.860. The van der Waals surface area contributed by atoms with E-state index >= 15 is 0 Å². The van der Waals surface area contributed by atoms with Crippen molar-refractivity contribution in [3.8, 4) is 0 Å². The van der Waals surface area contributed by atoms with Crippen LogP contribution >= 0.6 is 0 Å². The number of hydrogen-bond acceptors (Lipinski definition) is 2. The van der Waals surface area contributed by atoms with Crippen LogP contribution in [0, 0.1) is 0 Å². The Morgan fingerprint density at radius 2 is 1.86 bits per heavy atom. The molecule has 2 nitrogen and oxygen atoms in total. The van der Waals surface area contributed by atoms with Crippen LogP contribution in [0.2, 0.25) is 0 Å². The highest BCUT2D eigenvalue weighted by atomic mass is 16.5. The Morgan fingerprint density at radius 3 is 2.43 bits per heavy atom. The molecule has 78 valence electrons. The second-order valence-electron chi connectivity index (χ2n) is 3.67. The summed E-state index contributed by atoms with van der Waals surface area (Å²) in [6, 6.07) is 10.4. The van der Waals surface area contributed by atoms with Gasteiger partial charge in [-0.1, -0.05) is 30.3 Å². The van der Waals surface area contributed by atoms with Crippen molar-refractivity contribution in [2.24, 2.45) is 5.73 Å². The van der Waals surface area contributed by atoms with Gasteiger partial charge in [0.1, 0.15) is 0 Å². The van der Waals surface area contributed by atoms with Gasteiger partial charge < -0.3 is 10.5 Å². The van der Waals surface area contributed by atoms with Gasteiger partial charge in [0.05, 0.1) is 12.7 Å². The first-order valence-corrected chi connectivity index (χ1v) is 5.11. The molecule has 0 fully saturated rings. The van der Waals surface area contributed by atoms with Crippen molar-refractivity contribution in [1.82, 2.24) is 0 Å². The predicted octanol–water partition coefficient (Wildman–Crippen LogP) is 1.98. The Labute approximate surface area is 86.1 Å². The fourth-order valence-electron chi connectivity index (χ4n) is 1.16. The lowest BCUT2D eigenvalue weighted by molar-refractivity contribution is 0.0544. The lowest BCUT2D eigenvalue weighted by atomic mass is 10.2. The third-order valence-corrected chi connectivity index (χ3v) is 2.35. The maximum Gasteiger partial charge on any atom is 0.0695 e. The van der Waals surface area contributed by atoms with Crippen LogP contribution in [-0.2, 0) is 11.2 Å². The average Bonchev–Trinajstić information content (AvgIpc) is 2.19. The molecule has 0 aliphatic carbocycles. The van der Waals surface area contributed by atoms with Crippen molar-refractivity contribution in [3.05, 3.63) is 35.9 Å². The van der Waals surface area contributed by atoms with E-state index in [0.717, 1.165) is 13.0 Å². The van der Waals surface area contributed by atoms with Crippen LogP contribution < -0.4 is 5.73 Å². The van der Waals surface area contributed by atoms with E-state index in [0.29, 0.717) is 0 Å². The summed E-state index contributed by atoms with van der Waals surface area (Å²) in [6.45, 7) is 4.72. The highest BCUT2D eigenvalue weighted by Crippen LogP contribution is 2.02. The molecule has 0 amide bonds. The topological polar surface area (TPSA) is 35.2 Å². The first-order valence-electron chi connectivity index (χ1n) is 5.11. The summed E-state index contributed by atoms with van der Waals surface area (Å²) < 4.78 is 5.58. The summed E-state index contributed by atoms with van der Waals surface area (Å²) in [7, 11) is 0. The molecule has 0 radical (unpaired) electrons. The lowest BCUT2D eigenvalue weighted by Gasteiger charge is -2.16. The van der Waals surface area contributed by atoms with Crippen molar-refractivity contribution in [1.29, 1.82) is 0 Å². The van der Waals surface area contributed by atoms with E-state index in [1.165, 1.54) is 5.56 Å². The monoisotopic (exact) mass is 193 g/mol. The van der Waals surface area contributed by atoms with Crippen LogP contribution in [0.15, 0.2) is 30.3 Å².